The van der Waals surface area contributed by atoms with Gasteiger partial charge in [-0.15, -0.1) is 0 Å². The molecular weight excluding hydrogens is 849 g/mol. The number of hydrogen-bond donors (Lipinski definition) is 3. The molecule has 10 heterocycles. The van der Waals surface area contributed by atoms with Crippen molar-refractivity contribution in [1.29, 1.82) is 0 Å². The Morgan fingerprint density at radius 2 is 1.22 bits per heavy atom. The molecule has 4 fully saturated rings. The van der Waals surface area contributed by atoms with Crippen molar-refractivity contribution >= 4 is 39.1 Å². The minimum Gasteiger partial charge on any atom is -0.381 e. The molecule has 346 valence electrons. The fourth-order valence-electron chi connectivity index (χ4n) is 10.0. The minimum absolute atomic E-state index is 0.102. The quantitative estimate of drug-likeness (QED) is 0.163. The van der Waals surface area contributed by atoms with Crippen molar-refractivity contribution < 1.29 is 14.3 Å². The van der Waals surface area contributed by atoms with Gasteiger partial charge in [-0.2, -0.15) is 10.2 Å². The highest BCUT2D eigenvalue weighted by Crippen LogP contribution is 2.33. The third kappa shape index (κ3) is 9.54. The summed E-state index contributed by atoms with van der Waals surface area (Å²) in [6.45, 7) is 11.9. The number of aromatic nitrogens is 10. The summed E-state index contributed by atoms with van der Waals surface area (Å²) >= 11 is 0. The van der Waals surface area contributed by atoms with E-state index in [-0.39, 0.29) is 28.9 Å². The maximum Gasteiger partial charge on any atom is 0.276 e. The molecule has 0 amide bonds. The highest BCUT2D eigenvalue weighted by atomic mass is 16.5. The zero-order valence-electron chi connectivity index (χ0n) is 37.9. The van der Waals surface area contributed by atoms with Crippen LogP contribution in [0.2, 0.25) is 0 Å². The van der Waals surface area contributed by atoms with Crippen molar-refractivity contribution in [3.05, 3.63) is 141 Å². The summed E-state index contributed by atoms with van der Waals surface area (Å²) in [5, 5.41) is 15.2. The number of H-pyrrole nitrogens is 2. The monoisotopic (exact) mass is 904 g/mol. The number of rotatable bonds is 7. The summed E-state index contributed by atoms with van der Waals surface area (Å²) in [6, 6.07) is 19.8. The van der Waals surface area contributed by atoms with E-state index in [9.17, 15) is 14.4 Å². The Kier molecular flexibility index (Phi) is 13.1. The van der Waals surface area contributed by atoms with E-state index >= 15 is 0 Å². The van der Waals surface area contributed by atoms with Crippen molar-refractivity contribution in [1.82, 2.24) is 59.3 Å². The van der Waals surface area contributed by atoms with Crippen molar-refractivity contribution in [3.8, 4) is 0 Å². The molecule has 6 aromatic heterocycles. The molecule has 4 aliphatic rings. The van der Waals surface area contributed by atoms with Crippen molar-refractivity contribution in [2.75, 3.05) is 52.6 Å². The molecule has 4 unspecified atom stereocenters. The molecule has 0 radical (unpaired) electrons. The summed E-state index contributed by atoms with van der Waals surface area (Å²) in [5.74, 6) is 5.19. The number of likely N-dealkylation sites (tertiary alicyclic amines) is 1. The second-order valence-corrected chi connectivity index (χ2v) is 18.4. The van der Waals surface area contributed by atoms with Gasteiger partial charge in [0.05, 0.1) is 23.4 Å². The molecular formula is C50H56N12O5. The van der Waals surface area contributed by atoms with Gasteiger partial charge in [0.15, 0.2) is 11.0 Å². The topological polar surface area (TPSA) is 203 Å². The third-order valence-corrected chi connectivity index (χ3v) is 13.8. The Morgan fingerprint density at radius 3 is 1.79 bits per heavy atom. The van der Waals surface area contributed by atoms with Crippen LogP contribution in [-0.2, 0) is 16.0 Å². The number of carbonyl (C=O) groups excluding carboxylic acids is 1. The van der Waals surface area contributed by atoms with Gasteiger partial charge in [-0.25, -0.2) is 19.0 Å². The molecule has 12 rings (SSSR count). The fourth-order valence-corrected chi connectivity index (χ4v) is 10.0. The van der Waals surface area contributed by atoms with E-state index in [0.717, 1.165) is 136 Å². The van der Waals surface area contributed by atoms with E-state index in [1.165, 1.54) is 5.56 Å². The van der Waals surface area contributed by atoms with E-state index in [4.69, 9.17) is 19.7 Å². The summed E-state index contributed by atoms with van der Waals surface area (Å²) in [6.07, 6.45) is 11.4. The minimum atomic E-state index is -0.113. The molecule has 0 saturated carbocycles. The van der Waals surface area contributed by atoms with Crippen molar-refractivity contribution in [2.24, 2.45) is 11.8 Å². The van der Waals surface area contributed by atoms with Gasteiger partial charge in [-0.1, -0.05) is 32.0 Å². The number of pyridine rings is 2. The van der Waals surface area contributed by atoms with Crippen molar-refractivity contribution in [3.63, 3.8) is 0 Å². The van der Waals surface area contributed by atoms with Crippen LogP contribution >= 0.6 is 0 Å². The smallest absolute Gasteiger partial charge is 0.276 e. The van der Waals surface area contributed by atoms with Crippen LogP contribution in [-0.4, -0.2) is 113 Å². The maximum atomic E-state index is 12.9. The lowest BCUT2D eigenvalue weighted by molar-refractivity contribution is 0.0831. The van der Waals surface area contributed by atoms with Crippen molar-refractivity contribution in [2.45, 2.75) is 69.7 Å². The molecule has 4 aliphatic heterocycles. The number of imidazole rings is 2. The zero-order valence-corrected chi connectivity index (χ0v) is 37.9. The van der Waals surface area contributed by atoms with E-state index in [1.54, 1.807) is 33.7 Å². The number of aromatic amines is 2. The number of aldehydes is 1. The van der Waals surface area contributed by atoms with Crippen LogP contribution in [0, 0.1) is 11.8 Å². The van der Waals surface area contributed by atoms with E-state index < -0.39 is 0 Å². The van der Waals surface area contributed by atoms with Crippen LogP contribution in [0.1, 0.15) is 102 Å². The molecule has 4 saturated heterocycles. The van der Waals surface area contributed by atoms with Crippen LogP contribution in [0.5, 0.6) is 0 Å². The summed E-state index contributed by atoms with van der Waals surface area (Å²) < 4.78 is 14.5. The first kappa shape index (κ1) is 44.3. The lowest BCUT2D eigenvalue weighted by Crippen LogP contribution is -2.24. The molecule has 17 nitrogen and oxygen atoms in total. The van der Waals surface area contributed by atoms with Crippen LogP contribution in [0.15, 0.2) is 95.0 Å². The molecule has 0 aliphatic carbocycles. The average Bonchev–Trinajstić information content (AvgIpc) is 4.19. The zero-order chi connectivity index (χ0) is 45.9. The summed E-state index contributed by atoms with van der Waals surface area (Å²) in [7, 11) is 0. The molecule has 0 bridgehead atoms. The van der Waals surface area contributed by atoms with E-state index in [1.807, 2.05) is 36.5 Å². The molecule has 2 aromatic carbocycles. The normalized spacial score (nSPS) is 21.6. The molecule has 8 aromatic rings. The molecule has 17 heteroatoms. The first-order valence-electron chi connectivity index (χ1n) is 23.5. The lowest BCUT2D eigenvalue weighted by atomic mass is 9.97. The van der Waals surface area contributed by atoms with Crippen LogP contribution < -0.4 is 16.4 Å². The maximum absolute atomic E-state index is 12.9. The van der Waals surface area contributed by atoms with Crippen LogP contribution in [0.25, 0.3) is 32.8 Å². The molecule has 4 atom stereocenters. The number of nitrogens with one attached hydrogen (secondary N) is 3. The predicted molar refractivity (Wildman–Crippen MR) is 254 cm³/mol. The molecule has 0 spiro atoms. The Labute approximate surface area is 386 Å². The highest BCUT2D eigenvalue weighted by Gasteiger charge is 2.34. The Hall–Kier alpha value is -6.53. The Bertz CT molecular complexity index is 3130. The average molecular weight is 905 g/mol. The van der Waals surface area contributed by atoms with Gasteiger partial charge >= 0.3 is 0 Å². The highest BCUT2D eigenvalue weighted by molar-refractivity contribution is 5.86. The number of carbonyl (C=O) groups is 1. The van der Waals surface area contributed by atoms with Gasteiger partial charge in [-0.3, -0.25) is 29.3 Å². The number of nitrogens with zero attached hydrogens (tertiary/aromatic N) is 9. The third-order valence-electron chi connectivity index (χ3n) is 13.8. The first-order chi connectivity index (χ1) is 32.8. The van der Waals surface area contributed by atoms with Gasteiger partial charge in [0.1, 0.15) is 29.6 Å². The summed E-state index contributed by atoms with van der Waals surface area (Å²) in [4.78, 5) is 61.7. The Balaban J connectivity index is 0.000000132. The molecule has 3 N–H and O–H groups in total. The van der Waals surface area contributed by atoms with Gasteiger partial charge in [0.25, 0.3) is 11.1 Å². The standard InChI is InChI=1S/C25H28N6O2.C15H21N5O2.C10H7NO/c1-16-13-30(14-17-4-5-21-19(11-17)3-2-8-26-21)15-20(16)23-28-25(32)22-12-27-24(31(22)29-23)18-6-9-33-10-7-18;1-9-6-16-7-11(9)13-18-15(21)12-8-17-14(20(12)19-13)10-2-4-22-5-3-10;12-7-8-3-4-10-9(6-8)2-1-5-11-10/h2-5,8,11-12,16,18,20H,6-7,9-10,13-15H2,1H3,(H,28,29,32);8-11,16H,2-7H2,1H3,(H,18,19,21);1-7H. The SMILES string of the molecule is CC1CN(Cc2ccc3ncccc3c2)CC1c1nn2c(C3CCOCC3)ncc2c(=O)[nH]1.CC1CNCC1c1nn2c(C3CCOCC3)ncc2c(=O)[nH]1.O=Cc1ccc2ncccc2c1. The second kappa shape index (κ2) is 19.7. The number of fused-ring (bicyclic) bond motifs is 4. The first-order valence-corrected chi connectivity index (χ1v) is 23.5. The predicted octanol–water partition coefficient (Wildman–Crippen LogP) is 5.78. The van der Waals surface area contributed by atoms with Gasteiger partial charge < -0.3 is 24.8 Å². The number of benzene rings is 2. The largest absolute Gasteiger partial charge is 0.381 e. The fraction of sp³-hybridized carbons (Fsp3) is 0.420. The van der Waals surface area contributed by atoms with Crippen LogP contribution in [0.3, 0.4) is 0 Å². The lowest BCUT2D eigenvalue weighted by Gasteiger charge is -2.21. The number of hydrogen-bond acceptors (Lipinski definition) is 13. The van der Waals surface area contributed by atoms with E-state index in [0.29, 0.717) is 34.4 Å². The van der Waals surface area contributed by atoms with Gasteiger partial charge in [-0.05, 0) is 92.1 Å². The Morgan fingerprint density at radius 1 is 0.657 bits per heavy atom. The molecule has 67 heavy (non-hydrogen) atoms. The van der Waals surface area contributed by atoms with Crippen LogP contribution in [0.4, 0.5) is 0 Å². The van der Waals surface area contributed by atoms with Gasteiger partial charge in [0, 0.05) is 105 Å². The van der Waals surface area contributed by atoms with Gasteiger partial charge in [0.2, 0.25) is 0 Å². The summed E-state index contributed by atoms with van der Waals surface area (Å²) in [5.41, 5.74) is 4.74. The second-order valence-electron chi connectivity index (χ2n) is 18.4. The van der Waals surface area contributed by atoms with E-state index in [2.05, 4.69) is 78.2 Å². The number of ether oxygens (including phenoxy) is 2.